The van der Waals surface area contributed by atoms with E-state index in [4.69, 9.17) is 0 Å². The lowest BCUT2D eigenvalue weighted by atomic mass is 10.3. The molecule has 1 aromatic rings. The Bertz CT molecular complexity index is 446. The normalized spacial score (nSPS) is 12.8. The van der Waals surface area contributed by atoms with Gasteiger partial charge in [-0.25, -0.2) is 4.79 Å². The van der Waals surface area contributed by atoms with E-state index in [-0.39, 0.29) is 6.54 Å². The first-order chi connectivity index (χ1) is 7.90. The molecule has 0 aliphatic rings. The van der Waals surface area contributed by atoms with E-state index in [9.17, 15) is 14.7 Å². The molecule has 0 saturated carbocycles. The van der Waals surface area contributed by atoms with Crippen LogP contribution in [0.5, 0.6) is 0 Å². The number of rotatable bonds is 5. The van der Waals surface area contributed by atoms with E-state index in [1.54, 1.807) is 0 Å². The van der Waals surface area contributed by atoms with E-state index >= 15 is 0 Å². The molecule has 17 heavy (non-hydrogen) atoms. The van der Waals surface area contributed by atoms with Gasteiger partial charge in [-0.05, 0) is 14.1 Å². The summed E-state index contributed by atoms with van der Waals surface area (Å²) in [5.74, 6) is 0.316. The first-order valence-electron chi connectivity index (χ1n) is 5.27. The van der Waals surface area contributed by atoms with Crippen LogP contribution in [0.15, 0.2) is 15.7 Å². The van der Waals surface area contributed by atoms with Gasteiger partial charge in [-0.3, -0.25) is 14.3 Å². The van der Waals surface area contributed by atoms with Crippen molar-refractivity contribution in [3.05, 3.63) is 26.9 Å². The predicted molar refractivity (Wildman–Crippen MR) is 65.4 cm³/mol. The lowest BCUT2D eigenvalue weighted by Crippen LogP contribution is -2.35. The summed E-state index contributed by atoms with van der Waals surface area (Å²) in [6.45, 7) is 0.767. The van der Waals surface area contributed by atoms with Crippen molar-refractivity contribution < 1.29 is 5.11 Å². The van der Waals surface area contributed by atoms with Crippen LogP contribution in [0.2, 0.25) is 0 Å². The van der Waals surface area contributed by atoms with E-state index in [0.717, 1.165) is 4.57 Å². The van der Waals surface area contributed by atoms with Gasteiger partial charge in [-0.2, -0.15) is 0 Å². The molecular formula is C10H18N4O3. The lowest BCUT2D eigenvalue weighted by Gasteiger charge is -2.16. The van der Waals surface area contributed by atoms with Gasteiger partial charge in [0.05, 0.1) is 6.10 Å². The van der Waals surface area contributed by atoms with Crippen LogP contribution >= 0.6 is 0 Å². The summed E-state index contributed by atoms with van der Waals surface area (Å²) < 4.78 is 0.974. The number of nitrogens with zero attached hydrogens (tertiary/aromatic N) is 2. The van der Waals surface area contributed by atoms with Gasteiger partial charge in [0.1, 0.15) is 5.82 Å². The van der Waals surface area contributed by atoms with Crippen molar-refractivity contribution in [2.75, 3.05) is 32.5 Å². The Hall–Kier alpha value is -1.60. The highest BCUT2D eigenvalue weighted by molar-refractivity contribution is 5.31. The molecule has 1 aromatic heterocycles. The molecular weight excluding hydrogens is 224 g/mol. The van der Waals surface area contributed by atoms with E-state index in [0.29, 0.717) is 12.4 Å². The first-order valence-corrected chi connectivity index (χ1v) is 5.27. The minimum atomic E-state index is -0.572. The third-order valence-corrected chi connectivity index (χ3v) is 2.25. The number of hydrogen-bond donors (Lipinski definition) is 3. The zero-order valence-electron chi connectivity index (χ0n) is 10.2. The third kappa shape index (κ3) is 4.04. The number of aromatic amines is 1. The van der Waals surface area contributed by atoms with Crippen molar-refractivity contribution in [3.63, 3.8) is 0 Å². The molecule has 0 saturated heterocycles. The van der Waals surface area contributed by atoms with Crippen LogP contribution in [0, 0.1) is 0 Å². The van der Waals surface area contributed by atoms with E-state index in [2.05, 4.69) is 10.3 Å². The van der Waals surface area contributed by atoms with Gasteiger partial charge in [0.2, 0.25) is 0 Å². The van der Waals surface area contributed by atoms with Gasteiger partial charge in [0.25, 0.3) is 5.56 Å². The second-order valence-electron chi connectivity index (χ2n) is 4.18. The molecule has 1 heterocycles. The number of hydrogen-bond acceptors (Lipinski definition) is 5. The Morgan fingerprint density at radius 3 is 2.71 bits per heavy atom. The largest absolute Gasteiger partial charge is 0.390 e. The standard InChI is InChI=1S/C10H18N4O3/c1-13(2)6-7(15)5-11-8-4-9(16)14(3)10(17)12-8/h4,7,11,15H,5-6H2,1-3H3,(H,12,17). The summed E-state index contributed by atoms with van der Waals surface area (Å²) in [6.07, 6.45) is -0.572. The Labute approximate surface area is 98.7 Å². The Morgan fingerprint density at radius 2 is 2.18 bits per heavy atom. The van der Waals surface area contributed by atoms with Gasteiger partial charge < -0.3 is 15.3 Å². The summed E-state index contributed by atoms with van der Waals surface area (Å²) in [5, 5.41) is 12.4. The maximum absolute atomic E-state index is 11.3. The van der Waals surface area contributed by atoms with Crippen molar-refractivity contribution in [3.8, 4) is 0 Å². The molecule has 3 N–H and O–H groups in total. The van der Waals surface area contributed by atoms with Gasteiger partial charge in [-0.15, -0.1) is 0 Å². The number of likely N-dealkylation sites (N-methyl/N-ethyl adjacent to an activating group) is 1. The molecule has 0 fully saturated rings. The molecule has 0 bridgehead atoms. The third-order valence-electron chi connectivity index (χ3n) is 2.25. The second kappa shape index (κ2) is 5.65. The van der Waals surface area contributed by atoms with Crippen molar-refractivity contribution in [1.82, 2.24) is 14.5 Å². The fourth-order valence-electron chi connectivity index (χ4n) is 1.36. The Morgan fingerprint density at radius 1 is 1.53 bits per heavy atom. The Balaban J connectivity index is 2.64. The SMILES string of the molecule is CN(C)CC(O)CNc1cc(=O)n(C)c(=O)[nH]1. The predicted octanol–water partition coefficient (Wildman–Crippen LogP) is -1.59. The minimum Gasteiger partial charge on any atom is -0.390 e. The molecule has 96 valence electrons. The van der Waals surface area contributed by atoms with Crippen molar-refractivity contribution in [2.24, 2.45) is 7.05 Å². The second-order valence-corrected chi connectivity index (χ2v) is 4.18. The summed E-state index contributed by atoms with van der Waals surface area (Å²) in [7, 11) is 5.10. The number of H-pyrrole nitrogens is 1. The summed E-state index contributed by atoms with van der Waals surface area (Å²) in [4.78, 5) is 26.9. The topological polar surface area (TPSA) is 90.4 Å². The molecule has 1 unspecified atom stereocenters. The minimum absolute atomic E-state index is 0.265. The average Bonchev–Trinajstić information content (AvgIpc) is 2.22. The molecule has 0 amide bonds. The highest BCUT2D eigenvalue weighted by Gasteiger charge is 2.06. The summed E-state index contributed by atoms with van der Waals surface area (Å²) >= 11 is 0. The van der Waals surface area contributed by atoms with Crippen LogP contribution < -0.4 is 16.6 Å². The van der Waals surface area contributed by atoms with Gasteiger partial charge in [0.15, 0.2) is 0 Å². The van der Waals surface area contributed by atoms with Crippen LogP contribution in [-0.2, 0) is 7.05 Å². The molecule has 0 spiro atoms. The maximum atomic E-state index is 11.3. The molecule has 1 atom stereocenters. The monoisotopic (exact) mass is 242 g/mol. The molecule has 0 radical (unpaired) electrons. The van der Waals surface area contributed by atoms with Crippen LogP contribution in [-0.4, -0.2) is 52.8 Å². The number of aliphatic hydroxyl groups excluding tert-OH is 1. The molecule has 0 aliphatic carbocycles. The van der Waals surface area contributed by atoms with Crippen LogP contribution in [0.3, 0.4) is 0 Å². The van der Waals surface area contributed by atoms with Gasteiger partial charge in [-0.1, -0.05) is 0 Å². The maximum Gasteiger partial charge on any atom is 0.329 e. The van der Waals surface area contributed by atoms with E-state index in [1.807, 2.05) is 19.0 Å². The molecule has 7 nitrogen and oxygen atoms in total. The average molecular weight is 242 g/mol. The van der Waals surface area contributed by atoms with E-state index < -0.39 is 17.4 Å². The highest BCUT2D eigenvalue weighted by atomic mass is 16.3. The molecule has 0 aromatic carbocycles. The van der Waals surface area contributed by atoms with Crippen LogP contribution in [0.25, 0.3) is 0 Å². The lowest BCUT2D eigenvalue weighted by molar-refractivity contribution is 0.148. The van der Waals surface area contributed by atoms with Crippen molar-refractivity contribution >= 4 is 5.82 Å². The first kappa shape index (κ1) is 13.5. The quantitative estimate of drug-likeness (QED) is 0.579. The number of aliphatic hydroxyl groups is 1. The molecule has 0 aliphatic heterocycles. The van der Waals surface area contributed by atoms with Gasteiger partial charge >= 0.3 is 5.69 Å². The van der Waals surface area contributed by atoms with Crippen molar-refractivity contribution in [2.45, 2.75) is 6.10 Å². The number of anilines is 1. The number of nitrogens with one attached hydrogen (secondary N) is 2. The van der Waals surface area contributed by atoms with E-state index in [1.165, 1.54) is 13.1 Å². The fraction of sp³-hybridized carbons (Fsp3) is 0.600. The zero-order chi connectivity index (χ0) is 13.0. The van der Waals surface area contributed by atoms with Crippen LogP contribution in [0.4, 0.5) is 5.82 Å². The van der Waals surface area contributed by atoms with Crippen molar-refractivity contribution in [1.29, 1.82) is 0 Å². The summed E-state index contributed by atoms with van der Waals surface area (Å²) in [5.41, 5.74) is -0.875. The summed E-state index contributed by atoms with van der Waals surface area (Å²) in [6, 6.07) is 1.28. The zero-order valence-corrected chi connectivity index (χ0v) is 10.2. The smallest absolute Gasteiger partial charge is 0.329 e. The highest BCUT2D eigenvalue weighted by Crippen LogP contribution is 1.95. The molecule has 7 heteroatoms. The van der Waals surface area contributed by atoms with Crippen LogP contribution in [0.1, 0.15) is 0 Å². The number of aromatic nitrogens is 2. The molecule has 1 rings (SSSR count). The fourth-order valence-corrected chi connectivity index (χ4v) is 1.36. The Kier molecular flexibility index (Phi) is 4.47. The van der Waals surface area contributed by atoms with Gasteiger partial charge in [0, 0.05) is 26.2 Å².